The van der Waals surface area contributed by atoms with Crippen LogP contribution in [0.1, 0.15) is 32.3 Å². The van der Waals surface area contributed by atoms with Crippen LogP contribution < -0.4 is 0 Å². The summed E-state index contributed by atoms with van der Waals surface area (Å²) in [5.41, 5.74) is -0.677. The van der Waals surface area contributed by atoms with E-state index in [4.69, 9.17) is 9.47 Å². The second-order valence-electron chi connectivity index (χ2n) is 5.64. The molecular weight excluding hydrogens is 280 g/mol. The van der Waals surface area contributed by atoms with Crippen molar-refractivity contribution in [2.24, 2.45) is 0 Å². The quantitative estimate of drug-likeness (QED) is 0.363. The average Bonchev–Trinajstić information content (AvgIpc) is 2.93. The summed E-state index contributed by atoms with van der Waals surface area (Å²) in [5.74, 6) is -1.43. The number of rotatable bonds is 5. The van der Waals surface area contributed by atoms with Crippen LogP contribution in [0.25, 0.3) is 0 Å². The Bertz CT molecular complexity index is 526. The molecule has 0 N–H and O–H groups in total. The van der Waals surface area contributed by atoms with Crippen molar-refractivity contribution in [1.29, 1.82) is 0 Å². The molecule has 1 aliphatic heterocycles. The molecule has 1 saturated heterocycles. The molecule has 0 unspecified atom stereocenters. The molecule has 1 fully saturated rings. The van der Waals surface area contributed by atoms with Crippen molar-refractivity contribution < 1.29 is 23.0 Å². The van der Waals surface area contributed by atoms with Gasteiger partial charge >= 0.3 is 0 Å². The van der Waals surface area contributed by atoms with Gasteiger partial charge in [0.15, 0.2) is 18.0 Å². The number of benzene rings is 1. The van der Waals surface area contributed by atoms with Crippen molar-refractivity contribution in [2.45, 2.75) is 38.5 Å². The van der Waals surface area contributed by atoms with Gasteiger partial charge < -0.3 is 14.7 Å². The van der Waals surface area contributed by atoms with Gasteiger partial charge in [0.05, 0.1) is 18.8 Å². The SMILES string of the molecule is CC(C)(CCC1OCCO1)[N+]([O-])=Cc1ccc(F)cc1F. The van der Waals surface area contributed by atoms with Gasteiger partial charge in [-0.2, -0.15) is 0 Å². The Morgan fingerprint density at radius 3 is 2.62 bits per heavy atom. The van der Waals surface area contributed by atoms with Gasteiger partial charge in [0, 0.05) is 32.8 Å². The highest BCUT2D eigenvalue weighted by atomic mass is 19.1. The minimum absolute atomic E-state index is 0.0628. The summed E-state index contributed by atoms with van der Waals surface area (Å²) in [5, 5.41) is 12.2. The molecule has 4 nitrogen and oxygen atoms in total. The normalized spacial score (nSPS) is 17.4. The second kappa shape index (κ2) is 6.49. The van der Waals surface area contributed by atoms with Gasteiger partial charge in [-0.3, -0.25) is 0 Å². The molecular formula is C15H19F2NO3. The molecule has 21 heavy (non-hydrogen) atoms. The van der Waals surface area contributed by atoms with Crippen LogP contribution in [-0.2, 0) is 9.47 Å². The van der Waals surface area contributed by atoms with Crippen LogP contribution in [-0.4, -0.2) is 36.0 Å². The molecule has 1 aliphatic rings. The maximum Gasteiger partial charge on any atom is 0.185 e. The summed E-state index contributed by atoms with van der Waals surface area (Å²) in [4.78, 5) is 0. The molecule has 0 bridgehead atoms. The fourth-order valence-corrected chi connectivity index (χ4v) is 2.06. The Kier molecular flexibility index (Phi) is 4.90. The minimum atomic E-state index is -0.755. The third kappa shape index (κ3) is 4.22. The Labute approximate surface area is 122 Å². The largest absolute Gasteiger partial charge is 0.623 e. The number of ether oxygens (including phenoxy) is 2. The summed E-state index contributed by atoms with van der Waals surface area (Å²) < 4.78 is 37.7. The molecule has 1 aromatic carbocycles. The van der Waals surface area contributed by atoms with Crippen molar-refractivity contribution in [3.63, 3.8) is 0 Å². The van der Waals surface area contributed by atoms with E-state index in [0.717, 1.165) is 18.3 Å². The summed E-state index contributed by atoms with van der Waals surface area (Å²) in [6.07, 6.45) is 1.98. The van der Waals surface area contributed by atoms with Crippen molar-refractivity contribution >= 4 is 6.21 Å². The van der Waals surface area contributed by atoms with E-state index in [1.54, 1.807) is 13.8 Å². The highest BCUT2D eigenvalue weighted by molar-refractivity contribution is 5.76. The third-order valence-corrected chi connectivity index (χ3v) is 3.50. The van der Waals surface area contributed by atoms with Crippen LogP contribution in [0.5, 0.6) is 0 Å². The lowest BCUT2D eigenvalue weighted by Gasteiger charge is -2.25. The monoisotopic (exact) mass is 299 g/mol. The lowest BCUT2D eigenvalue weighted by molar-refractivity contribution is -0.538. The molecule has 116 valence electrons. The third-order valence-electron chi connectivity index (χ3n) is 3.50. The molecule has 0 aliphatic carbocycles. The predicted molar refractivity (Wildman–Crippen MR) is 74.2 cm³/mol. The zero-order valence-electron chi connectivity index (χ0n) is 12.1. The zero-order chi connectivity index (χ0) is 15.5. The standard InChI is InChI=1S/C15H19F2NO3/c1-15(2,6-5-14-20-7-8-21-14)18(19)10-11-3-4-12(16)9-13(11)17/h3-4,9-10,14H,5-8H2,1-2H3. The summed E-state index contributed by atoms with van der Waals surface area (Å²) in [6.45, 7) is 4.65. The number of hydroxylamine groups is 1. The van der Waals surface area contributed by atoms with E-state index in [1.807, 2.05) is 0 Å². The second-order valence-corrected chi connectivity index (χ2v) is 5.64. The maximum atomic E-state index is 13.6. The molecule has 1 heterocycles. The van der Waals surface area contributed by atoms with E-state index in [0.29, 0.717) is 30.8 Å². The summed E-state index contributed by atoms with van der Waals surface area (Å²) >= 11 is 0. The molecule has 0 saturated carbocycles. The molecule has 1 aromatic rings. The van der Waals surface area contributed by atoms with E-state index in [1.165, 1.54) is 6.07 Å². The highest BCUT2D eigenvalue weighted by Crippen LogP contribution is 2.21. The number of hydrogen-bond acceptors (Lipinski definition) is 3. The molecule has 2 rings (SSSR count). The fraction of sp³-hybridized carbons (Fsp3) is 0.533. The van der Waals surface area contributed by atoms with E-state index in [9.17, 15) is 14.0 Å². The number of halogens is 2. The topological polar surface area (TPSA) is 44.5 Å². The first-order valence-corrected chi connectivity index (χ1v) is 6.88. The summed E-state index contributed by atoms with van der Waals surface area (Å²) in [7, 11) is 0. The highest BCUT2D eigenvalue weighted by Gasteiger charge is 2.29. The molecule has 6 heteroatoms. The van der Waals surface area contributed by atoms with Crippen molar-refractivity contribution in [3.8, 4) is 0 Å². The van der Waals surface area contributed by atoms with Crippen LogP contribution in [0.2, 0.25) is 0 Å². The predicted octanol–water partition coefficient (Wildman–Crippen LogP) is 2.83. The lowest BCUT2D eigenvalue weighted by atomic mass is 9.98. The van der Waals surface area contributed by atoms with Crippen molar-refractivity contribution in [3.05, 3.63) is 40.6 Å². The zero-order valence-corrected chi connectivity index (χ0v) is 12.1. The molecule has 0 amide bonds. The Morgan fingerprint density at radius 2 is 2.00 bits per heavy atom. The first kappa shape index (κ1) is 15.9. The van der Waals surface area contributed by atoms with Gasteiger partial charge in [-0.05, 0) is 12.1 Å². The molecule has 0 aromatic heterocycles. The van der Waals surface area contributed by atoms with Crippen LogP contribution in [0.15, 0.2) is 18.2 Å². The van der Waals surface area contributed by atoms with Crippen LogP contribution in [0.3, 0.4) is 0 Å². The van der Waals surface area contributed by atoms with Crippen LogP contribution in [0.4, 0.5) is 8.78 Å². The number of hydrogen-bond donors (Lipinski definition) is 0. The molecule has 0 spiro atoms. The first-order valence-electron chi connectivity index (χ1n) is 6.88. The average molecular weight is 299 g/mol. The lowest BCUT2D eigenvalue weighted by Crippen LogP contribution is -2.34. The van der Waals surface area contributed by atoms with Crippen molar-refractivity contribution in [1.82, 2.24) is 0 Å². The Hall–Kier alpha value is -1.53. The molecule has 0 radical (unpaired) electrons. The van der Waals surface area contributed by atoms with E-state index >= 15 is 0 Å². The van der Waals surface area contributed by atoms with Gasteiger partial charge in [-0.25, -0.2) is 13.5 Å². The Balaban J connectivity index is 2.04. The van der Waals surface area contributed by atoms with Gasteiger partial charge in [-0.15, -0.1) is 0 Å². The van der Waals surface area contributed by atoms with Gasteiger partial charge in [0.1, 0.15) is 11.6 Å². The number of nitrogens with zero attached hydrogens (tertiary/aromatic N) is 1. The molecule has 0 atom stereocenters. The van der Waals surface area contributed by atoms with Gasteiger partial charge in [0.2, 0.25) is 0 Å². The summed E-state index contributed by atoms with van der Waals surface area (Å²) in [6, 6.07) is 3.12. The first-order chi connectivity index (χ1) is 9.88. The Morgan fingerprint density at radius 1 is 1.33 bits per heavy atom. The van der Waals surface area contributed by atoms with Gasteiger partial charge in [0.25, 0.3) is 0 Å². The van der Waals surface area contributed by atoms with Gasteiger partial charge in [-0.1, -0.05) is 0 Å². The van der Waals surface area contributed by atoms with Crippen LogP contribution in [0, 0.1) is 16.8 Å². The van der Waals surface area contributed by atoms with E-state index in [2.05, 4.69) is 0 Å². The smallest absolute Gasteiger partial charge is 0.185 e. The van der Waals surface area contributed by atoms with E-state index < -0.39 is 17.2 Å². The fourth-order valence-electron chi connectivity index (χ4n) is 2.06. The maximum absolute atomic E-state index is 13.6. The van der Waals surface area contributed by atoms with Crippen molar-refractivity contribution in [2.75, 3.05) is 13.2 Å². The van der Waals surface area contributed by atoms with E-state index in [-0.39, 0.29) is 11.9 Å². The van der Waals surface area contributed by atoms with Crippen LogP contribution >= 0.6 is 0 Å². The minimum Gasteiger partial charge on any atom is -0.623 e.